The first-order valence-corrected chi connectivity index (χ1v) is 6.93. The number of fused-ring (bicyclic) bond motifs is 1. The summed E-state index contributed by atoms with van der Waals surface area (Å²) in [5.74, 6) is 1.70. The molecule has 1 N–H and O–H groups in total. The zero-order valence-corrected chi connectivity index (χ0v) is 12.6. The van der Waals surface area contributed by atoms with Crippen LogP contribution in [0.2, 0.25) is 5.15 Å². The second-order valence-corrected chi connectivity index (χ2v) is 5.04. The number of hydrogen-bond donors (Lipinski definition) is 1. The van der Waals surface area contributed by atoms with E-state index >= 15 is 0 Å². The van der Waals surface area contributed by atoms with Crippen molar-refractivity contribution in [3.63, 3.8) is 0 Å². The highest BCUT2D eigenvalue weighted by Gasteiger charge is 2.10. The lowest BCUT2D eigenvalue weighted by molar-refractivity contribution is 0.414. The Morgan fingerprint density at radius 1 is 1.24 bits per heavy atom. The average molecular weight is 303 g/mol. The third kappa shape index (κ3) is 2.64. The Labute approximate surface area is 127 Å². The third-order valence-electron chi connectivity index (χ3n) is 3.33. The zero-order chi connectivity index (χ0) is 14.8. The molecule has 5 nitrogen and oxygen atoms in total. The number of anilines is 1. The minimum Gasteiger partial charge on any atom is -0.497 e. The van der Waals surface area contributed by atoms with E-state index in [0.29, 0.717) is 11.7 Å². The van der Waals surface area contributed by atoms with E-state index in [2.05, 4.69) is 15.4 Å². The van der Waals surface area contributed by atoms with Gasteiger partial charge in [-0.05, 0) is 24.6 Å². The largest absolute Gasteiger partial charge is 0.497 e. The fourth-order valence-corrected chi connectivity index (χ4v) is 2.31. The highest BCUT2D eigenvalue weighted by Crippen LogP contribution is 2.23. The molecule has 0 saturated carbocycles. The van der Waals surface area contributed by atoms with Crippen molar-refractivity contribution in [2.45, 2.75) is 13.5 Å². The summed E-state index contributed by atoms with van der Waals surface area (Å²) in [7, 11) is 1.66. The molecule has 3 aromatic rings. The molecule has 0 radical (unpaired) electrons. The van der Waals surface area contributed by atoms with Crippen LogP contribution in [0.5, 0.6) is 5.75 Å². The number of aromatic nitrogens is 3. The molecule has 0 unspecified atom stereocenters. The van der Waals surface area contributed by atoms with E-state index < -0.39 is 0 Å². The van der Waals surface area contributed by atoms with Crippen molar-refractivity contribution in [1.82, 2.24) is 14.6 Å². The third-order valence-corrected chi connectivity index (χ3v) is 3.70. The van der Waals surface area contributed by atoms with Crippen LogP contribution in [0.4, 0.5) is 5.82 Å². The van der Waals surface area contributed by atoms with E-state index in [1.165, 1.54) is 0 Å². The van der Waals surface area contributed by atoms with Crippen molar-refractivity contribution in [2.24, 2.45) is 0 Å². The summed E-state index contributed by atoms with van der Waals surface area (Å²) in [5, 5.41) is 8.13. The van der Waals surface area contributed by atoms with Crippen LogP contribution in [0, 0.1) is 6.92 Å². The van der Waals surface area contributed by atoms with Gasteiger partial charge in [0, 0.05) is 18.2 Å². The predicted octanol–water partition coefficient (Wildman–Crippen LogP) is 3.31. The number of benzene rings is 1. The van der Waals surface area contributed by atoms with Crippen LogP contribution >= 0.6 is 11.6 Å². The molecule has 2 aromatic heterocycles. The van der Waals surface area contributed by atoms with Crippen LogP contribution in [0.15, 0.2) is 36.5 Å². The van der Waals surface area contributed by atoms with Crippen molar-refractivity contribution in [3.05, 3.63) is 52.8 Å². The highest BCUT2D eigenvalue weighted by atomic mass is 35.5. The Kier molecular flexibility index (Phi) is 3.66. The molecular weight excluding hydrogens is 288 g/mol. The molecule has 0 aliphatic carbocycles. The molecule has 108 valence electrons. The molecule has 0 saturated heterocycles. The Bertz CT molecular complexity index is 767. The summed E-state index contributed by atoms with van der Waals surface area (Å²) in [5.41, 5.74) is 2.74. The number of nitrogens with zero attached hydrogens (tertiary/aromatic N) is 3. The predicted molar refractivity (Wildman–Crippen MR) is 83.1 cm³/mol. The van der Waals surface area contributed by atoms with Crippen molar-refractivity contribution in [2.75, 3.05) is 12.4 Å². The van der Waals surface area contributed by atoms with Gasteiger partial charge in [0.15, 0.2) is 5.65 Å². The fourth-order valence-electron chi connectivity index (χ4n) is 2.13. The van der Waals surface area contributed by atoms with Crippen LogP contribution in [-0.4, -0.2) is 21.7 Å². The maximum Gasteiger partial charge on any atom is 0.159 e. The second-order valence-electron chi connectivity index (χ2n) is 4.68. The summed E-state index contributed by atoms with van der Waals surface area (Å²) in [6.07, 6.45) is 1.71. The normalized spacial score (nSPS) is 10.8. The smallest absolute Gasteiger partial charge is 0.159 e. The van der Waals surface area contributed by atoms with Gasteiger partial charge in [-0.25, -0.2) is 4.98 Å². The summed E-state index contributed by atoms with van der Waals surface area (Å²) in [6, 6.07) is 9.73. The molecular formula is C15H15ClN4O. The van der Waals surface area contributed by atoms with Gasteiger partial charge in [-0.2, -0.15) is 9.61 Å². The van der Waals surface area contributed by atoms with Crippen molar-refractivity contribution < 1.29 is 4.74 Å². The Balaban J connectivity index is 1.87. The number of nitrogens with one attached hydrogen (secondary N) is 1. The Hall–Kier alpha value is -2.27. The SMILES string of the molecule is COc1ccc(CNc2c(C)c(Cl)nc3ccnn23)cc1. The number of ether oxygens (including phenoxy) is 1. The fraction of sp³-hybridized carbons (Fsp3) is 0.200. The number of hydrogen-bond acceptors (Lipinski definition) is 4. The van der Waals surface area contributed by atoms with E-state index in [9.17, 15) is 0 Å². The first-order valence-electron chi connectivity index (χ1n) is 6.55. The van der Waals surface area contributed by atoms with Gasteiger partial charge in [0.1, 0.15) is 16.7 Å². The quantitative estimate of drug-likeness (QED) is 0.751. The lowest BCUT2D eigenvalue weighted by Gasteiger charge is -2.12. The molecule has 0 aliphatic rings. The molecule has 2 heterocycles. The topological polar surface area (TPSA) is 51.5 Å². The molecule has 3 rings (SSSR count). The lowest BCUT2D eigenvalue weighted by Crippen LogP contribution is -2.08. The summed E-state index contributed by atoms with van der Waals surface area (Å²) in [4.78, 5) is 4.28. The van der Waals surface area contributed by atoms with Gasteiger partial charge < -0.3 is 10.1 Å². The molecule has 0 atom stereocenters. The first kappa shape index (κ1) is 13.7. The van der Waals surface area contributed by atoms with Gasteiger partial charge in [-0.3, -0.25) is 0 Å². The minimum atomic E-state index is 0.486. The van der Waals surface area contributed by atoms with E-state index in [1.54, 1.807) is 17.8 Å². The van der Waals surface area contributed by atoms with Gasteiger partial charge in [0.05, 0.1) is 13.3 Å². The molecule has 0 amide bonds. The monoisotopic (exact) mass is 302 g/mol. The van der Waals surface area contributed by atoms with Crippen molar-refractivity contribution in [1.29, 1.82) is 0 Å². The highest BCUT2D eigenvalue weighted by molar-refractivity contribution is 6.30. The number of methoxy groups -OCH3 is 1. The zero-order valence-electron chi connectivity index (χ0n) is 11.8. The van der Waals surface area contributed by atoms with E-state index in [0.717, 1.165) is 28.3 Å². The van der Waals surface area contributed by atoms with Gasteiger partial charge in [0.25, 0.3) is 0 Å². The van der Waals surface area contributed by atoms with Gasteiger partial charge in [-0.1, -0.05) is 23.7 Å². The van der Waals surface area contributed by atoms with Gasteiger partial charge in [0.2, 0.25) is 0 Å². The van der Waals surface area contributed by atoms with E-state index in [-0.39, 0.29) is 0 Å². The molecule has 6 heteroatoms. The summed E-state index contributed by atoms with van der Waals surface area (Å²) >= 11 is 6.16. The molecule has 0 spiro atoms. The Morgan fingerprint density at radius 2 is 2.00 bits per heavy atom. The van der Waals surface area contributed by atoms with Crippen molar-refractivity contribution in [3.8, 4) is 5.75 Å². The minimum absolute atomic E-state index is 0.486. The van der Waals surface area contributed by atoms with E-state index in [1.807, 2.05) is 37.3 Å². The summed E-state index contributed by atoms with van der Waals surface area (Å²) in [6.45, 7) is 2.59. The van der Waals surface area contributed by atoms with Gasteiger partial charge in [-0.15, -0.1) is 0 Å². The average Bonchev–Trinajstić information content (AvgIpc) is 2.96. The number of halogens is 1. The molecule has 1 aromatic carbocycles. The standard InChI is InChI=1S/C15H15ClN4O/c1-10-14(16)19-13-7-8-18-20(13)15(10)17-9-11-3-5-12(21-2)6-4-11/h3-8,17H,9H2,1-2H3. The van der Waals surface area contributed by atoms with E-state index in [4.69, 9.17) is 16.3 Å². The maximum atomic E-state index is 6.16. The molecule has 0 bridgehead atoms. The Morgan fingerprint density at radius 3 is 2.71 bits per heavy atom. The van der Waals surface area contributed by atoms with Crippen molar-refractivity contribution >= 4 is 23.1 Å². The molecule has 21 heavy (non-hydrogen) atoms. The maximum absolute atomic E-state index is 6.16. The number of rotatable bonds is 4. The lowest BCUT2D eigenvalue weighted by atomic mass is 10.2. The molecule has 0 fully saturated rings. The van der Waals surface area contributed by atoms with Crippen LogP contribution < -0.4 is 10.1 Å². The molecule has 0 aliphatic heterocycles. The van der Waals surface area contributed by atoms with Gasteiger partial charge >= 0.3 is 0 Å². The first-order chi connectivity index (χ1) is 10.2. The van der Waals surface area contributed by atoms with Crippen LogP contribution in [-0.2, 0) is 6.54 Å². The van der Waals surface area contributed by atoms with Crippen LogP contribution in [0.25, 0.3) is 5.65 Å². The summed E-state index contributed by atoms with van der Waals surface area (Å²) < 4.78 is 6.91. The van der Waals surface area contributed by atoms with Crippen LogP contribution in [0.3, 0.4) is 0 Å². The second kappa shape index (κ2) is 5.61. The van der Waals surface area contributed by atoms with Crippen LogP contribution in [0.1, 0.15) is 11.1 Å².